The molecular formula is C16H14FN3O2. The lowest BCUT2D eigenvalue weighted by Crippen LogP contribution is -2.44. The van der Waals surface area contributed by atoms with Gasteiger partial charge in [0, 0.05) is 0 Å². The molecule has 0 saturated heterocycles. The van der Waals surface area contributed by atoms with Gasteiger partial charge in [-0.3, -0.25) is 0 Å². The van der Waals surface area contributed by atoms with E-state index in [1.165, 1.54) is 6.07 Å². The van der Waals surface area contributed by atoms with E-state index in [1.54, 1.807) is 30.3 Å². The van der Waals surface area contributed by atoms with Gasteiger partial charge < -0.3 is 14.7 Å². The summed E-state index contributed by atoms with van der Waals surface area (Å²) in [5, 5.41) is 3.94. The SMILES string of the molecule is NC1(c2noc(-c3ccc(-c4ccccc4F)o3)n2)CCC1. The summed E-state index contributed by atoms with van der Waals surface area (Å²) in [4.78, 5) is 4.31. The highest BCUT2D eigenvalue weighted by molar-refractivity contribution is 5.61. The molecule has 0 unspecified atom stereocenters. The number of rotatable bonds is 3. The third-order valence-corrected chi connectivity index (χ3v) is 4.07. The Morgan fingerprint density at radius 1 is 1.09 bits per heavy atom. The molecule has 112 valence electrons. The lowest BCUT2D eigenvalue weighted by atomic mass is 9.77. The van der Waals surface area contributed by atoms with Crippen molar-refractivity contribution in [1.29, 1.82) is 0 Å². The zero-order chi connectivity index (χ0) is 15.2. The third kappa shape index (κ3) is 2.03. The monoisotopic (exact) mass is 299 g/mol. The molecule has 1 aromatic carbocycles. The maximum atomic E-state index is 13.8. The van der Waals surface area contributed by atoms with Gasteiger partial charge in [-0.05, 0) is 43.5 Å². The normalized spacial score (nSPS) is 16.5. The van der Waals surface area contributed by atoms with Crippen LogP contribution in [0.4, 0.5) is 4.39 Å². The van der Waals surface area contributed by atoms with E-state index in [4.69, 9.17) is 14.7 Å². The van der Waals surface area contributed by atoms with Gasteiger partial charge in [-0.1, -0.05) is 17.3 Å². The van der Waals surface area contributed by atoms with E-state index >= 15 is 0 Å². The maximum Gasteiger partial charge on any atom is 0.293 e. The molecule has 0 atom stereocenters. The van der Waals surface area contributed by atoms with Gasteiger partial charge in [-0.2, -0.15) is 4.98 Å². The van der Waals surface area contributed by atoms with Crippen molar-refractivity contribution in [2.75, 3.05) is 0 Å². The van der Waals surface area contributed by atoms with Crippen LogP contribution in [0.5, 0.6) is 0 Å². The minimum Gasteiger partial charge on any atom is -0.451 e. The van der Waals surface area contributed by atoms with Crippen LogP contribution in [0.25, 0.3) is 23.0 Å². The first-order valence-electron chi connectivity index (χ1n) is 7.14. The van der Waals surface area contributed by atoms with Crippen LogP contribution < -0.4 is 5.73 Å². The molecule has 0 spiro atoms. The number of aromatic nitrogens is 2. The van der Waals surface area contributed by atoms with Crippen molar-refractivity contribution in [2.45, 2.75) is 24.8 Å². The first-order chi connectivity index (χ1) is 10.7. The fourth-order valence-corrected chi connectivity index (χ4v) is 2.57. The molecule has 2 aromatic heterocycles. The fraction of sp³-hybridized carbons (Fsp3) is 0.250. The molecule has 1 aliphatic carbocycles. The Balaban J connectivity index is 1.66. The van der Waals surface area contributed by atoms with Crippen LogP contribution in [0.2, 0.25) is 0 Å². The van der Waals surface area contributed by atoms with Gasteiger partial charge in [0.1, 0.15) is 11.6 Å². The number of nitrogens with two attached hydrogens (primary N) is 1. The van der Waals surface area contributed by atoms with Crippen molar-refractivity contribution in [3.05, 3.63) is 48.0 Å². The van der Waals surface area contributed by atoms with Crippen molar-refractivity contribution in [1.82, 2.24) is 10.1 Å². The van der Waals surface area contributed by atoms with E-state index in [0.29, 0.717) is 22.9 Å². The summed E-state index contributed by atoms with van der Waals surface area (Å²) in [5.74, 6) is 1.23. The molecule has 22 heavy (non-hydrogen) atoms. The average molecular weight is 299 g/mol. The summed E-state index contributed by atoms with van der Waals surface area (Å²) in [5.41, 5.74) is 6.07. The molecule has 0 aliphatic heterocycles. The van der Waals surface area contributed by atoms with Crippen LogP contribution in [0.3, 0.4) is 0 Å². The number of hydrogen-bond donors (Lipinski definition) is 1. The van der Waals surface area contributed by atoms with Gasteiger partial charge in [0.15, 0.2) is 11.6 Å². The Morgan fingerprint density at radius 2 is 1.86 bits per heavy atom. The second-order valence-corrected chi connectivity index (χ2v) is 5.58. The van der Waals surface area contributed by atoms with E-state index in [1.807, 2.05) is 0 Å². The number of nitrogens with zero attached hydrogens (tertiary/aromatic N) is 2. The molecule has 6 heteroatoms. The second-order valence-electron chi connectivity index (χ2n) is 5.58. The maximum absolute atomic E-state index is 13.8. The van der Waals surface area contributed by atoms with Crippen LogP contribution in [0.15, 0.2) is 45.3 Å². The predicted octanol–water partition coefficient (Wildman–Crippen LogP) is 3.47. The molecule has 2 heterocycles. The van der Waals surface area contributed by atoms with Crippen molar-refractivity contribution >= 4 is 0 Å². The molecule has 1 aliphatic rings. The standard InChI is InChI=1S/C16H14FN3O2/c17-11-5-2-1-4-10(11)12-6-7-13(21-12)14-19-15(20-22-14)16(18)8-3-9-16/h1-2,4-7H,3,8-9,18H2. The Bertz CT molecular complexity index is 820. The van der Waals surface area contributed by atoms with Gasteiger partial charge in [0.25, 0.3) is 5.89 Å². The van der Waals surface area contributed by atoms with Crippen LogP contribution >= 0.6 is 0 Å². The Kier molecular flexibility index (Phi) is 2.87. The van der Waals surface area contributed by atoms with Crippen LogP contribution in [-0.4, -0.2) is 10.1 Å². The zero-order valence-electron chi connectivity index (χ0n) is 11.8. The minimum absolute atomic E-state index is 0.259. The number of hydrogen-bond acceptors (Lipinski definition) is 5. The van der Waals surface area contributed by atoms with Gasteiger partial charge in [-0.15, -0.1) is 0 Å². The Hall–Kier alpha value is -2.47. The number of halogens is 1. The second kappa shape index (κ2) is 4.78. The van der Waals surface area contributed by atoms with Gasteiger partial charge >= 0.3 is 0 Å². The summed E-state index contributed by atoms with van der Waals surface area (Å²) in [6.45, 7) is 0. The molecule has 2 N–H and O–H groups in total. The topological polar surface area (TPSA) is 78.1 Å². The molecule has 4 rings (SSSR count). The average Bonchev–Trinajstić information content (AvgIpc) is 3.14. The largest absolute Gasteiger partial charge is 0.451 e. The molecule has 0 radical (unpaired) electrons. The van der Waals surface area contributed by atoms with Crippen molar-refractivity contribution in [3.8, 4) is 23.0 Å². The highest BCUT2D eigenvalue weighted by Crippen LogP contribution is 2.38. The molecule has 0 amide bonds. The fourth-order valence-electron chi connectivity index (χ4n) is 2.57. The molecule has 0 bridgehead atoms. The number of benzene rings is 1. The quantitative estimate of drug-likeness (QED) is 0.801. The molecular weight excluding hydrogens is 285 g/mol. The van der Waals surface area contributed by atoms with E-state index in [0.717, 1.165) is 19.3 Å². The van der Waals surface area contributed by atoms with Crippen molar-refractivity contribution in [3.63, 3.8) is 0 Å². The van der Waals surface area contributed by atoms with Crippen LogP contribution in [0.1, 0.15) is 25.1 Å². The lowest BCUT2D eigenvalue weighted by Gasteiger charge is -2.34. The van der Waals surface area contributed by atoms with Crippen LogP contribution in [-0.2, 0) is 5.54 Å². The summed E-state index contributed by atoms with van der Waals surface area (Å²) >= 11 is 0. The summed E-state index contributed by atoms with van der Waals surface area (Å²) in [7, 11) is 0. The summed E-state index contributed by atoms with van der Waals surface area (Å²) in [6, 6.07) is 9.78. The Morgan fingerprint density at radius 3 is 2.59 bits per heavy atom. The van der Waals surface area contributed by atoms with Crippen molar-refractivity contribution < 1.29 is 13.3 Å². The summed E-state index contributed by atoms with van der Waals surface area (Å²) < 4.78 is 24.6. The number of furan rings is 1. The van der Waals surface area contributed by atoms with E-state index in [-0.39, 0.29) is 11.7 Å². The Labute approximate surface area is 125 Å². The predicted molar refractivity (Wildman–Crippen MR) is 77.1 cm³/mol. The molecule has 5 nitrogen and oxygen atoms in total. The highest BCUT2D eigenvalue weighted by Gasteiger charge is 2.39. The third-order valence-electron chi connectivity index (χ3n) is 4.07. The first-order valence-corrected chi connectivity index (χ1v) is 7.14. The summed E-state index contributed by atoms with van der Waals surface area (Å²) in [6.07, 6.45) is 2.77. The van der Waals surface area contributed by atoms with E-state index < -0.39 is 5.54 Å². The van der Waals surface area contributed by atoms with E-state index in [9.17, 15) is 4.39 Å². The van der Waals surface area contributed by atoms with Gasteiger partial charge in [0.05, 0.1) is 11.1 Å². The molecule has 1 fully saturated rings. The zero-order valence-corrected chi connectivity index (χ0v) is 11.8. The van der Waals surface area contributed by atoms with Gasteiger partial charge in [0.2, 0.25) is 0 Å². The molecule has 1 saturated carbocycles. The smallest absolute Gasteiger partial charge is 0.293 e. The highest BCUT2D eigenvalue weighted by atomic mass is 19.1. The van der Waals surface area contributed by atoms with Gasteiger partial charge in [-0.25, -0.2) is 4.39 Å². The molecule has 3 aromatic rings. The van der Waals surface area contributed by atoms with Crippen molar-refractivity contribution in [2.24, 2.45) is 5.73 Å². The first kappa shape index (κ1) is 13.2. The minimum atomic E-state index is -0.483. The van der Waals surface area contributed by atoms with E-state index in [2.05, 4.69) is 10.1 Å². The lowest BCUT2D eigenvalue weighted by molar-refractivity contribution is 0.229. The van der Waals surface area contributed by atoms with Crippen LogP contribution in [0, 0.1) is 5.82 Å².